The smallest absolute Gasteiger partial charge is 0.220 e. The number of piperidine rings is 1. The highest BCUT2D eigenvalue weighted by Crippen LogP contribution is 2.24. The first-order chi connectivity index (χ1) is 8.54. The maximum Gasteiger partial charge on any atom is 0.220 e. The molecule has 1 fully saturated rings. The van der Waals surface area contributed by atoms with Crippen LogP contribution in [0.5, 0.6) is 0 Å². The summed E-state index contributed by atoms with van der Waals surface area (Å²) < 4.78 is 0. The molecule has 1 heterocycles. The second kappa shape index (κ2) is 7.78. The second-order valence-corrected chi connectivity index (χ2v) is 6.01. The molecule has 18 heavy (non-hydrogen) atoms. The van der Waals surface area contributed by atoms with E-state index in [-0.39, 0.29) is 5.91 Å². The Morgan fingerprint density at radius 3 is 2.44 bits per heavy atom. The Bertz CT molecular complexity index is 249. The van der Waals surface area contributed by atoms with Crippen LogP contribution in [-0.4, -0.2) is 25.0 Å². The van der Waals surface area contributed by atoms with Gasteiger partial charge in [-0.3, -0.25) is 4.79 Å². The van der Waals surface area contributed by atoms with E-state index in [1.165, 1.54) is 12.8 Å². The van der Waals surface area contributed by atoms with Crippen LogP contribution in [0.3, 0.4) is 0 Å². The lowest BCUT2D eigenvalue weighted by molar-refractivity contribution is -0.123. The maximum absolute atomic E-state index is 12.0. The molecule has 0 aromatic carbocycles. The van der Waals surface area contributed by atoms with Crippen LogP contribution >= 0.6 is 0 Å². The molecule has 0 spiro atoms. The molecule has 3 unspecified atom stereocenters. The quantitative estimate of drug-likeness (QED) is 0.765. The number of carbonyl (C=O) groups excluding carboxylic acids is 1. The van der Waals surface area contributed by atoms with Crippen molar-refractivity contribution in [1.29, 1.82) is 0 Å². The zero-order valence-corrected chi connectivity index (χ0v) is 12.5. The van der Waals surface area contributed by atoms with Gasteiger partial charge in [0, 0.05) is 12.5 Å². The highest BCUT2D eigenvalue weighted by molar-refractivity contribution is 5.76. The standard InChI is InChI=1S/C15H30N2O/c1-5-11(2)13(4)17-15(18)10-12(3)14-6-8-16-9-7-14/h11-14,16H,5-10H2,1-4H3,(H,17,18). The summed E-state index contributed by atoms with van der Waals surface area (Å²) in [5.41, 5.74) is 0. The first-order valence-electron chi connectivity index (χ1n) is 7.54. The Labute approximate surface area is 112 Å². The van der Waals surface area contributed by atoms with Gasteiger partial charge in [-0.1, -0.05) is 27.2 Å². The third kappa shape index (κ3) is 4.97. The molecule has 106 valence electrons. The Kier molecular flexibility index (Phi) is 6.69. The van der Waals surface area contributed by atoms with Crippen molar-refractivity contribution in [1.82, 2.24) is 10.6 Å². The Hall–Kier alpha value is -0.570. The Morgan fingerprint density at radius 1 is 1.28 bits per heavy atom. The summed E-state index contributed by atoms with van der Waals surface area (Å²) in [5.74, 6) is 2.02. The molecule has 3 atom stereocenters. The molecule has 0 aliphatic carbocycles. The summed E-state index contributed by atoms with van der Waals surface area (Å²) in [6, 6.07) is 0.294. The van der Waals surface area contributed by atoms with Gasteiger partial charge in [0.1, 0.15) is 0 Å². The summed E-state index contributed by atoms with van der Waals surface area (Å²) >= 11 is 0. The van der Waals surface area contributed by atoms with Crippen LogP contribution in [0.1, 0.15) is 53.4 Å². The average Bonchev–Trinajstić information content (AvgIpc) is 2.38. The molecule has 1 rings (SSSR count). The van der Waals surface area contributed by atoms with E-state index in [9.17, 15) is 4.79 Å². The van der Waals surface area contributed by atoms with Crippen molar-refractivity contribution in [3.63, 3.8) is 0 Å². The fourth-order valence-corrected chi connectivity index (χ4v) is 2.68. The number of nitrogens with one attached hydrogen (secondary N) is 2. The number of hydrogen-bond donors (Lipinski definition) is 2. The first kappa shape index (κ1) is 15.5. The van der Waals surface area contributed by atoms with Crippen molar-refractivity contribution in [3.05, 3.63) is 0 Å². The van der Waals surface area contributed by atoms with Crippen molar-refractivity contribution >= 4 is 5.91 Å². The summed E-state index contributed by atoms with van der Waals surface area (Å²) in [4.78, 5) is 12.0. The molecular formula is C15H30N2O. The lowest BCUT2D eigenvalue weighted by atomic mass is 9.84. The van der Waals surface area contributed by atoms with E-state index in [0.29, 0.717) is 24.3 Å². The average molecular weight is 254 g/mol. The van der Waals surface area contributed by atoms with Crippen LogP contribution in [0.2, 0.25) is 0 Å². The van der Waals surface area contributed by atoms with E-state index < -0.39 is 0 Å². The maximum atomic E-state index is 12.0. The van der Waals surface area contributed by atoms with Gasteiger partial charge >= 0.3 is 0 Å². The van der Waals surface area contributed by atoms with Gasteiger partial charge in [0.05, 0.1) is 0 Å². The van der Waals surface area contributed by atoms with Gasteiger partial charge in [0.25, 0.3) is 0 Å². The normalized spacial score (nSPS) is 22.2. The van der Waals surface area contributed by atoms with Crippen LogP contribution in [0.4, 0.5) is 0 Å². The van der Waals surface area contributed by atoms with Crippen LogP contribution in [0, 0.1) is 17.8 Å². The topological polar surface area (TPSA) is 41.1 Å². The SMILES string of the molecule is CCC(C)C(C)NC(=O)CC(C)C1CCNCC1. The zero-order valence-electron chi connectivity index (χ0n) is 12.5. The number of amides is 1. The van der Waals surface area contributed by atoms with Gasteiger partial charge in [0.15, 0.2) is 0 Å². The molecule has 3 nitrogen and oxygen atoms in total. The molecule has 2 N–H and O–H groups in total. The van der Waals surface area contributed by atoms with Gasteiger partial charge in [0.2, 0.25) is 5.91 Å². The zero-order chi connectivity index (χ0) is 13.5. The summed E-state index contributed by atoms with van der Waals surface area (Å²) in [7, 11) is 0. The van der Waals surface area contributed by atoms with Gasteiger partial charge in [-0.2, -0.15) is 0 Å². The third-order valence-corrected chi connectivity index (χ3v) is 4.58. The van der Waals surface area contributed by atoms with E-state index in [1.54, 1.807) is 0 Å². The Morgan fingerprint density at radius 2 is 1.89 bits per heavy atom. The van der Waals surface area contributed by atoms with Crippen molar-refractivity contribution in [2.45, 2.75) is 59.4 Å². The van der Waals surface area contributed by atoms with Gasteiger partial charge < -0.3 is 10.6 Å². The minimum atomic E-state index is 0.230. The summed E-state index contributed by atoms with van der Waals surface area (Å²) in [6.07, 6.45) is 4.24. The second-order valence-electron chi connectivity index (χ2n) is 6.01. The van der Waals surface area contributed by atoms with Gasteiger partial charge in [-0.15, -0.1) is 0 Å². The molecule has 1 aliphatic rings. The molecule has 0 saturated carbocycles. The van der Waals surface area contributed by atoms with Crippen molar-refractivity contribution < 1.29 is 4.79 Å². The number of hydrogen-bond acceptors (Lipinski definition) is 2. The third-order valence-electron chi connectivity index (χ3n) is 4.58. The molecule has 1 saturated heterocycles. The molecule has 0 bridgehead atoms. The monoisotopic (exact) mass is 254 g/mol. The summed E-state index contributed by atoms with van der Waals surface area (Å²) in [6.45, 7) is 10.9. The molecule has 0 aromatic heterocycles. The van der Waals surface area contributed by atoms with Crippen LogP contribution < -0.4 is 10.6 Å². The van der Waals surface area contributed by atoms with Crippen molar-refractivity contribution in [3.8, 4) is 0 Å². The van der Waals surface area contributed by atoms with Crippen LogP contribution in [0.15, 0.2) is 0 Å². The van der Waals surface area contributed by atoms with Gasteiger partial charge in [-0.25, -0.2) is 0 Å². The van der Waals surface area contributed by atoms with Gasteiger partial charge in [-0.05, 0) is 50.6 Å². The minimum absolute atomic E-state index is 0.230. The summed E-state index contributed by atoms with van der Waals surface area (Å²) in [5, 5.41) is 6.52. The van der Waals surface area contributed by atoms with Crippen molar-refractivity contribution in [2.24, 2.45) is 17.8 Å². The number of rotatable bonds is 6. The van der Waals surface area contributed by atoms with E-state index in [2.05, 4.69) is 38.3 Å². The van der Waals surface area contributed by atoms with E-state index in [0.717, 1.165) is 25.4 Å². The lowest BCUT2D eigenvalue weighted by Crippen LogP contribution is -2.39. The predicted molar refractivity (Wildman–Crippen MR) is 76.4 cm³/mol. The lowest BCUT2D eigenvalue weighted by Gasteiger charge is -2.28. The largest absolute Gasteiger partial charge is 0.353 e. The molecule has 1 amide bonds. The molecule has 0 radical (unpaired) electrons. The molecule has 0 aromatic rings. The minimum Gasteiger partial charge on any atom is -0.353 e. The van der Waals surface area contributed by atoms with E-state index in [4.69, 9.17) is 0 Å². The van der Waals surface area contributed by atoms with E-state index in [1.807, 2.05) is 0 Å². The fourth-order valence-electron chi connectivity index (χ4n) is 2.68. The highest BCUT2D eigenvalue weighted by Gasteiger charge is 2.23. The van der Waals surface area contributed by atoms with E-state index >= 15 is 0 Å². The number of carbonyl (C=O) groups is 1. The Balaban J connectivity index is 2.30. The molecular weight excluding hydrogens is 224 g/mol. The first-order valence-corrected chi connectivity index (χ1v) is 7.54. The van der Waals surface area contributed by atoms with Crippen LogP contribution in [-0.2, 0) is 4.79 Å². The fraction of sp³-hybridized carbons (Fsp3) is 0.933. The molecule has 1 aliphatic heterocycles. The highest BCUT2D eigenvalue weighted by atomic mass is 16.1. The van der Waals surface area contributed by atoms with Crippen molar-refractivity contribution in [2.75, 3.05) is 13.1 Å². The molecule has 3 heteroatoms. The predicted octanol–water partition coefficient (Wildman–Crippen LogP) is 2.56. The van der Waals surface area contributed by atoms with Crippen LogP contribution in [0.25, 0.3) is 0 Å².